The van der Waals surface area contributed by atoms with Crippen LogP contribution in [0.5, 0.6) is 0 Å². The SMILES string of the molecule is C[C@@H](NC(=O)[C@]1(C)OC(C)(C)OC1C(=O)N1CCCC1C1=CC=CCC1)c1ccc(-n2cccn2)cc1. The molecule has 4 atom stereocenters. The minimum absolute atomic E-state index is 0.0456. The fourth-order valence-electron chi connectivity index (χ4n) is 5.66. The number of rotatable bonds is 6. The molecule has 0 spiro atoms. The molecule has 2 amide bonds. The lowest BCUT2D eigenvalue weighted by Gasteiger charge is -2.34. The Kier molecular flexibility index (Phi) is 6.81. The zero-order chi connectivity index (χ0) is 26.2. The smallest absolute Gasteiger partial charge is 0.255 e. The fraction of sp³-hybridized carbons (Fsp3) is 0.483. The van der Waals surface area contributed by atoms with Crippen LogP contribution in [0.25, 0.3) is 5.69 Å². The van der Waals surface area contributed by atoms with E-state index in [0.29, 0.717) is 6.54 Å². The van der Waals surface area contributed by atoms with E-state index in [1.54, 1.807) is 31.6 Å². The van der Waals surface area contributed by atoms with Crippen molar-refractivity contribution in [1.29, 1.82) is 0 Å². The number of ether oxygens (including phenoxy) is 2. The summed E-state index contributed by atoms with van der Waals surface area (Å²) < 4.78 is 14.1. The monoisotopic (exact) mass is 504 g/mol. The number of amides is 2. The third-order valence-corrected chi connectivity index (χ3v) is 7.55. The first-order valence-electron chi connectivity index (χ1n) is 13.1. The number of allylic oxidation sites excluding steroid dienone is 3. The summed E-state index contributed by atoms with van der Waals surface area (Å²) in [5.74, 6) is -1.61. The molecule has 1 aromatic heterocycles. The molecule has 2 saturated heterocycles. The lowest BCUT2D eigenvalue weighted by molar-refractivity contribution is -0.172. The van der Waals surface area contributed by atoms with E-state index < -0.39 is 17.5 Å². The number of carbonyl (C=O) groups excluding carboxylic acids is 2. The number of hydrogen-bond donors (Lipinski definition) is 1. The van der Waals surface area contributed by atoms with Crippen molar-refractivity contribution in [3.05, 3.63) is 72.1 Å². The third kappa shape index (κ3) is 5.00. The maximum Gasteiger partial charge on any atom is 0.255 e. The van der Waals surface area contributed by atoms with Gasteiger partial charge in [0, 0.05) is 18.9 Å². The molecule has 1 N–H and O–H groups in total. The second-order valence-corrected chi connectivity index (χ2v) is 10.7. The summed E-state index contributed by atoms with van der Waals surface area (Å²) in [6, 6.07) is 9.46. The summed E-state index contributed by atoms with van der Waals surface area (Å²) in [6.45, 7) is 7.74. The van der Waals surface area contributed by atoms with Crippen molar-refractivity contribution in [2.45, 2.75) is 83.0 Å². The van der Waals surface area contributed by atoms with Gasteiger partial charge in [-0.15, -0.1) is 0 Å². The van der Waals surface area contributed by atoms with Crippen LogP contribution in [-0.2, 0) is 19.1 Å². The van der Waals surface area contributed by atoms with Crippen LogP contribution in [0.15, 0.2) is 66.5 Å². The van der Waals surface area contributed by atoms with Gasteiger partial charge in [-0.05, 0) is 82.7 Å². The lowest BCUT2D eigenvalue weighted by atomic mass is 9.93. The molecule has 2 fully saturated rings. The molecule has 2 unspecified atom stereocenters. The zero-order valence-electron chi connectivity index (χ0n) is 22.0. The van der Waals surface area contributed by atoms with Crippen molar-refractivity contribution in [3.63, 3.8) is 0 Å². The molecular formula is C29H36N4O4. The topological polar surface area (TPSA) is 85.7 Å². The van der Waals surface area contributed by atoms with Crippen molar-refractivity contribution < 1.29 is 19.1 Å². The van der Waals surface area contributed by atoms with Gasteiger partial charge in [-0.25, -0.2) is 4.68 Å². The Bertz CT molecular complexity index is 1200. The molecule has 0 bridgehead atoms. The first-order chi connectivity index (χ1) is 17.7. The molecule has 1 aliphatic carbocycles. The van der Waals surface area contributed by atoms with E-state index in [0.717, 1.165) is 36.9 Å². The van der Waals surface area contributed by atoms with Gasteiger partial charge in [0.2, 0.25) is 0 Å². The minimum atomic E-state index is -1.46. The average Bonchev–Trinajstić information content (AvgIpc) is 3.64. The Balaban J connectivity index is 1.33. The first-order valence-corrected chi connectivity index (χ1v) is 13.1. The number of hydrogen-bond acceptors (Lipinski definition) is 5. The molecule has 2 aliphatic heterocycles. The highest BCUT2D eigenvalue weighted by molar-refractivity contribution is 5.95. The van der Waals surface area contributed by atoms with Gasteiger partial charge in [0.05, 0.1) is 17.8 Å². The molecule has 196 valence electrons. The van der Waals surface area contributed by atoms with E-state index in [1.807, 2.05) is 48.4 Å². The highest BCUT2D eigenvalue weighted by atomic mass is 16.8. The summed E-state index contributed by atoms with van der Waals surface area (Å²) in [6.07, 6.45) is 12.7. The second kappa shape index (κ2) is 9.91. The van der Waals surface area contributed by atoms with E-state index in [4.69, 9.17) is 9.47 Å². The van der Waals surface area contributed by atoms with Crippen molar-refractivity contribution >= 4 is 11.8 Å². The number of aromatic nitrogens is 2. The van der Waals surface area contributed by atoms with Gasteiger partial charge in [-0.2, -0.15) is 5.10 Å². The predicted molar refractivity (Wildman–Crippen MR) is 140 cm³/mol. The summed E-state index contributed by atoms with van der Waals surface area (Å²) in [5.41, 5.74) is 1.68. The maximum absolute atomic E-state index is 13.9. The van der Waals surface area contributed by atoms with E-state index >= 15 is 0 Å². The molecule has 2 aromatic rings. The van der Waals surface area contributed by atoms with E-state index in [9.17, 15) is 9.59 Å². The van der Waals surface area contributed by atoms with Crippen LogP contribution in [-0.4, -0.2) is 56.6 Å². The molecule has 0 saturated carbocycles. The van der Waals surface area contributed by atoms with Crippen molar-refractivity contribution in [1.82, 2.24) is 20.0 Å². The molecule has 5 rings (SSSR count). The Labute approximate surface area is 218 Å². The predicted octanol–water partition coefficient (Wildman–Crippen LogP) is 4.23. The molecule has 8 heteroatoms. The fourth-order valence-corrected chi connectivity index (χ4v) is 5.66. The van der Waals surface area contributed by atoms with Crippen LogP contribution in [0.2, 0.25) is 0 Å². The second-order valence-electron chi connectivity index (χ2n) is 10.7. The minimum Gasteiger partial charge on any atom is -0.347 e. The molecule has 3 heterocycles. The standard InChI is InChI=1S/C29H36N4O4/c1-20(21-13-15-23(16-14-21)33-19-9-17-30-33)31-27(35)29(4)25(36-28(2,3)37-29)26(34)32-18-8-12-24(32)22-10-6-5-7-11-22/h5-6,9-10,13-17,19-20,24-25H,7-8,11-12,18H2,1-4H3,(H,31,35)/t20-,24?,25?,29-/m1/s1. The molecule has 0 radical (unpaired) electrons. The summed E-state index contributed by atoms with van der Waals surface area (Å²) in [4.78, 5) is 29.5. The van der Waals surface area contributed by atoms with Crippen LogP contribution in [0.1, 0.15) is 65.0 Å². The molecule has 3 aliphatic rings. The van der Waals surface area contributed by atoms with Crippen LogP contribution in [0.4, 0.5) is 0 Å². The van der Waals surface area contributed by atoms with Gasteiger partial charge in [-0.3, -0.25) is 9.59 Å². The summed E-state index contributed by atoms with van der Waals surface area (Å²) >= 11 is 0. The number of likely N-dealkylation sites (tertiary alicyclic amines) is 1. The van der Waals surface area contributed by atoms with Crippen LogP contribution in [0, 0.1) is 0 Å². The van der Waals surface area contributed by atoms with Gasteiger partial charge in [0.25, 0.3) is 11.8 Å². The van der Waals surface area contributed by atoms with Crippen LogP contribution < -0.4 is 5.32 Å². The quantitative estimate of drug-likeness (QED) is 0.637. The Morgan fingerprint density at radius 1 is 1.19 bits per heavy atom. The van der Waals surface area contributed by atoms with Gasteiger partial charge in [0.1, 0.15) is 0 Å². The lowest BCUT2D eigenvalue weighted by Crippen LogP contribution is -2.58. The van der Waals surface area contributed by atoms with E-state index in [1.165, 1.54) is 5.57 Å². The molecule has 37 heavy (non-hydrogen) atoms. The third-order valence-electron chi connectivity index (χ3n) is 7.55. The average molecular weight is 505 g/mol. The first kappa shape index (κ1) is 25.4. The maximum atomic E-state index is 13.9. The summed E-state index contributed by atoms with van der Waals surface area (Å²) in [5, 5.41) is 7.31. The highest BCUT2D eigenvalue weighted by Crippen LogP contribution is 2.40. The normalized spacial score (nSPS) is 27.7. The van der Waals surface area contributed by atoms with Gasteiger partial charge in [-0.1, -0.05) is 30.4 Å². The molecule has 8 nitrogen and oxygen atoms in total. The highest BCUT2D eigenvalue weighted by Gasteiger charge is 2.59. The van der Waals surface area contributed by atoms with Gasteiger partial charge in [0.15, 0.2) is 17.5 Å². The zero-order valence-corrected chi connectivity index (χ0v) is 22.0. The van der Waals surface area contributed by atoms with Gasteiger partial charge < -0.3 is 19.7 Å². The number of nitrogens with one attached hydrogen (secondary N) is 1. The van der Waals surface area contributed by atoms with Crippen LogP contribution >= 0.6 is 0 Å². The Hall–Kier alpha value is -3.23. The Morgan fingerprint density at radius 2 is 1.97 bits per heavy atom. The molecular weight excluding hydrogens is 468 g/mol. The largest absolute Gasteiger partial charge is 0.347 e. The number of benzene rings is 1. The summed E-state index contributed by atoms with van der Waals surface area (Å²) in [7, 11) is 0. The van der Waals surface area contributed by atoms with Crippen molar-refractivity contribution in [3.8, 4) is 5.69 Å². The van der Waals surface area contributed by atoms with E-state index in [2.05, 4.69) is 28.6 Å². The number of nitrogens with zero attached hydrogens (tertiary/aromatic N) is 3. The molecule has 1 aromatic carbocycles. The van der Waals surface area contributed by atoms with Gasteiger partial charge >= 0.3 is 0 Å². The Morgan fingerprint density at radius 3 is 2.65 bits per heavy atom. The van der Waals surface area contributed by atoms with E-state index in [-0.39, 0.29) is 23.9 Å². The van der Waals surface area contributed by atoms with Crippen LogP contribution in [0.3, 0.4) is 0 Å². The van der Waals surface area contributed by atoms with Crippen molar-refractivity contribution in [2.75, 3.05) is 6.54 Å². The number of carbonyl (C=O) groups is 2. The van der Waals surface area contributed by atoms with Crippen molar-refractivity contribution in [2.24, 2.45) is 0 Å².